The first-order valence-corrected chi connectivity index (χ1v) is 6.28. The number of aromatic nitrogens is 1. The SMILES string of the molecule is Cc1nc2ccc(C(=O)NCCCO)cc2s1. The number of aryl methyl sites for hydroxylation is 1. The van der Waals surface area contributed by atoms with Crippen LogP contribution >= 0.6 is 11.3 Å². The quantitative estimate of drug-likeness (QED) is 0.812. The number of fused-ring (bicyclic) bond motifs is 1. The summed E-state index contributed by atoms with van der Waals surface area (Å²) in [6.07, 6.45) is 0.577. The zero-order valence-electron chi connectivity index (χ0n) is 9.56. The van der Waals surface area contributed by atoms with Gasteiger partial charge in [-0.15, -0.1) is 11.3 Å². The Morgan fingerprint density at radius 3 is 3.12 bits per heavy atom. The van der Waals surface area contributed by atoms with Crippen molar-refractivity contribution in [3.63, 3.8) is 0 Å². The molecule has 0 saturated heterocycles. The van der Waals surface area contributed by atoms with Crippen LogP contribution in [0.5, 0.6) is 0 Å². The molecule has 0 aliphatic carbocycles. The lowest BCUT2D eigenvalue weighted by molar-refractivity contribution is 0.0951. The van der Waals surface area contributed by atoms with E-state index in [2.05, 4.69) is 10.3 Å². The van der Waals surface area contributed by atoms with E-state index in [4.69, 9.17) is 5.11 Å². The number of aliphatic hydroxyl groups excluding tert-OH is 1. The summed E-state index contributed by atoms with van der Waals surface area (Å²) < 4.78 is 1.03. The minimum atomic E-state index is -0.105. The molecule has 0 aliphatic heterocycles. The average Bonchev–Trinajstić information content (AvgIpc) is 2.68. The molecule has 90 valence electrons. The topological polar surface area (TPSA) is 62.2 Å². The number of nitrogens with zero attached hydrogens (tertiary/aromatic N) is 1. The van der Waals surface area contributed by atoms with E-state index in [1.54, 1.807) is 17.4 Å². The predicted octanol–water partition coefficient (Wildman–Crippen LogP) is 1.72. The minimum absolute atomic E-state index is 0.0906. The zero-order valence-corrected chi connectivity index (χ0v) is 10.4. The van der Waals surface area contributed by atoms with E-state index in [0.717, 1.165) is 15.2 Å². The van der Waals surface area contributed by atoms with Gasteiger partial charge in [-0.25, -0.2) is 4.98 Å². The molecule has 2 rings (SSSR count). The Labute approximate surface area is 103 Å². The Kier molecular flexibility index (Phi) is 3.71. The number of amides is 1. The summed E-state index contributed by atoms with van der Waals surface area (Å²) in [6.45, 7) is 2.54. The van der Waals surface area contributed by atoms with E-state index in [-0.39, 0.29) is 12.5 Å². The van der Waals surface area contributed by atoms with E-state index in [9.17, 15) is 4.79 Å². The lowest BCUT2D eigenvalue weighted by atomic mass is 10.2. The van der Waals surface area contributed by atoms with Crippen LogP contribution in [0.1, 0.15) is 21.8 Å². The van der Waals surface area contributed by atoms with Crippen molar-refractivity contribution < 1.29 is 9.90 Å². The number of aliphatic hydroxyl groups is 1. The van der Waals surface area contributed by atoms with Gasteiger partial charge in [-0.2, -0.15) is 0 Å². The van der Waals surface area contributed by atoms with Crippen molar-refractivity contribution in [1.29, 1.82) is 0 Å². The van der Waals surface area contributed by atoms with Gasteiger partial charge in [0.1, 0.15) is 0 Å². The second kappa shape index (κ2) is 5.25. The van der Waals surface area contributed by atoms with Crippen LogP contribution in [0.4, 0.5) is 0 Å². The second-order valence-electron chi connectivity index (χ2n) is 3.75. The Balaban J connectivity index is 2.15. The Bertz CT molecular complexity index is 536. The number of hydrogen-bond donors (Lipinski definition) is 2. The normalized spacial score (nSPS) is 10.7. The zero-order chi connectivity index (χ0) is 12.3. The maximum Gasteiger partial charge on any atom is 0.251 e. The molecular formula is C12H14N2O2S. The van der Waals surface area contributed by atoms with Crippen LogP contribution in [0, 0.1) is 6.92 Å². The lowest BCUT2D eigenvalue weighted by Crippen LogP contribution is -2.24. The Hall–Kier alpha value is -1.46. The summed E-state index contributed by atoms with van der Waals surface area (Å²) in [7, 11) is 0. The van der Waals surface area contributed by atoms with Crippen LogP contribution in [0.2, 0.25) is 0 Å². The third kappa shape index (κ3) is 2.81. The predicted molar refractivity (Wildman–Crippen MR) is 68.4 cm³/mol. The molecule has 0 fully saturated rings. The smallest absolute Gasteiger partial charge is 0.251 e. The molecule has 1 heterocycles. The summed E-state index contributed by atoms with van der Waals surface area (Å²) in [6, 6.07) is 5.49. The molecule has 5 heteroatoms. The van der Waals surface area contributed by atoms with E-state index in [1.165, 1.54) is 0 Å². The van der Waals surface area contributed by atoms with Crippen molar-refractivity contribution in [3.05, 3.63) is 28.8 Å². The molecular weight excluding hydrogens is 236 g/mol. The molecule has 0 bridgehead atoms. The van der Waals surface area contributed by atoms with Gasteiger partial charge in [0.15, 0.2) is 0 Å². The Morgan fingerprint density at radius 2 is 2.35 bits per heavy atom. The summed E-state index contributed by atoms with van der Waals surface area (Å²) in [5, 5.41) is 12.4. The number of benzene rings is 1. The van der Waals surface area contributed by atoms with Crippen molar-refractivity contribution in [2.75, 3.05) is 13.2 Å². The van der Waals surface area contributed by atoms with Gasteiger partial charge in [0, 0.05) is 18.7 Å². The van der Waals surface area contributed by atoms with Gasteiger partial charge in [-0.1, -0.05) is 0 Å². The highest BCUT2D eigenvalue weighted by molar-refractivity contribution is 7.18. The molecule has 0 spiro atoms. The van der Waals surface area contributed by atoms with Gasteiger partial charge in [0.05, 0.1) is 15.2 Å². The third-order valence-electron chi connectivity index (χ3n) is 2.38. The highest BCUT2D eigenvalue weighted by Crippen LogP contribution is 2.22. The number of carbonyl (C=O) groups is 1. The molecule has 17 heavy (non-hydrogen) atoms. The lowest BCUT2D eigenvalue weighted by Gasteiger charge is -2.03. The molecule has 0 saturated carbocycles. The maximum absolute atomic E-state index is 11.8. The first-order chi connectivity index (χ1) is 8.20. The van der Waals surface area contributed by atoms with Gasteiger partial charge < -0.3 is 10.4 Å². The van der Waals surface area contributed by atoms with Crippen molar-refractivity contribution in [2.45, 2.75) is 13.3 Å². The molecule has 1 aromatic heterocycles. The van der Waals surface area contributed by atoms with Crippen LogP contribution in [0.3, 0.4) is 0 Å². The summed E-state index contributed by atoms with van der Waals surface area (Å²) >= 11 is 1.58. The largest absolute Gasteiger partial charge is 0.396 e. The minimum Gasteiger partial charge on any atom is -0.396 e. The molecule has 1 amide bonds. The molecule has 0 atom stereocenters. The third-order valence-corrected chi connectivity index (χ3v) is 3.31. The van der Waals surface area contributed by atoms with Crippen molar-refractivity contribution in [2.24, 2.45) is 0 Å². The van der Waals surface area contributed by atoms with Gasteiger partial charge in [-0.3, -0.25) is 4.79 Å². The first kappa shape index (κ1) is 12.0. The van der Waals surface area contributed by atoms with Crippen LogP contribution < -0.4 is 5.32 Å². The van der Waals surface area contributed by atoms with Gasteiger partial charge in [0.25, 0.3) is 5.91 Å². The van der Waals surface area contributed by atoms with Crippen LogP contribution in [-0.4, -0.2) is 29.1 Å². The fourth-order valence-corrected chi connectivity index (χ4v) is 2.43. The molecule has 4 nitrogen and oxygen atoms in total. The Morgan fingerprint density at radius 1 is 1.53 bits per heavy atom. The van der Waals surface area contributed by atoms with E-state index in [1.807, 2.05) is 19.1 Å². The number of nitrogens with one attached hydrogen (secondary N) is 1. The monoisotopic (exact) mass is 250 g/mol. The standard InChI is InChI=1S/C12H14N2O2S/c1-8-14-10-4-3-9(7-11(10)17-8)12(16)13-5-2-6-15/h3-4,7,15H,2,5-6H2,1H3,(H,13,16). The molecule has 0 unspecified atom stereocenters. The van der Waals surface area contributed by atoms with E-state index < -0.39 is 0 Å². The maximum atomic E-state index is 11.8. The second-order valence-corrected chi connectivity index (χ2v) is 4.98. The molecule has 2 N–H and O–H groups in total. The fraction of sp³-hybridized carbons (Fsp3) is 0.333. The summed E-state index contributed by atoms with van der Waals surface area (Å²) in [5.74, 6) is -0.105. The number of rotatable bonds is 4. The highest BCUT2D eigenvalue weighted by Gasteiger charge is 2.07. The number of carbonyl (C=O) groups excluding carboxylic acids is 1. The summed E-state index contributed by atoms with van der Waals surface area (Å²) in [4.78, 5) is 16.1. The highest BCUT2D eigenvalue weighted by atomic mass is 32.1. The van der Waals surface area contributed by atoms with Gasteiger partial charge in [0.2, 0.25) is 0 Å². The van der Waals surface area contributed by atoms with E-state index >= 15 is 0 Å². The van der Waals surface area contributed by atoms with Crippen molar-refractivity contribution in [3.8, 4) is 0 Å². The van der Waals surface area contributed by atoms with Gasteiger partial charge in [-0.05, 0) is 31.5 Å². The summed E-state index contributed by atoms with van der Waals surface area (Å²) in [5.41, 5.74) is 1.57. The van der Waals surface area contributed by atoms with Gasteiger partial charge >= 0.3 is 0 Å². The number of thiazole rings is 1. The van der Waals surface area contributed by atoms with Crippen LogP contribution in [0.25, 0.3) is 10.2 Å². The van der Waals surface area contributed by atoms with Crippen LogP contribution in [-0.2, 0) is 0 Å². The van der Waals surface area contributed by atoms with Crippen molar-refractivity contribution in [1.82, 2.24) is 10.3 Å². The molecule has 1 aromatic carbocycles. The fourth-order valence-electron chi connectivity index (χ4n) is 1.56. The molecule has 2 aromatic rings. The molecule has 0 radical (unpaired) electrons. The van der Waals surface area contributed by atoms with Crippen LogP contribution in [0.15, 0.2) is 18.2 Å². The van der Waals surface area contributed by atoms with Crippen molar-refractivity contribution >= 4 is 27.5 Å². The van der Waals surface area contributed by atoms with E-state index in [0.29, 0.717) is 18.5 Å². The average molecular weight is 250 g/mol. The number of hydrogen-bond acceptors (Lipinski definition) is 4. The molecule has 0 aliphatic rings. The first-order valence-electron chi connectivity index (χ1n) is 5.47.